The molecule has 0 radical (unpaired) electrons. The van der Waals surface area contributed by atoms with Gasteiger partial charge in [0.25, 0.3) is 10.0 Å². The van der Waals surface area contributed by atoms with E-state index in [4.69, 9.17) is 11.6 Å². The summed E-state index contributed by atoms with van der Waals surface area (Å²) in [4.78, 5) is 19.4. The maximum Gasteiger partial charge on any atom is 0.266 e. The Labute approximate surface area is 196 Å². The van der Waals surface area contributed by atoms with Gasteiger partial charge in [0, 0.05) is 24.7 Å². The zero-order valence-corrected chi connectivity index (χ0v) is 20.5. The van der Waals surface area contributed by atoms with E-state index >= 15 is 0 Å². The minimum atomic E-state index is -4.18. The molecule has 0 spiro atoms. The second-order valence-corrected chi connectivity index (χ2v) is 11.0. The Morgan fingerprint density at radius 1 is 1.28 bits per heavy atom. The van der Waals surface area contributed by atoms with Crippen LogP contribution in [0.2, 0.25) is 5.02 Å². The number of aromatic nitrogens is 1. The van der Waals surface area contributed by atoms with E-state index in [0.717, 1.165) is 49.2 Å². The summed E-state index contributed by atoms with van der Waals surface area (Å²) in [5.74, 6) is -0.925. The third kappa shape index (κ3) is 5.89. The Hall–Kier alpha value is -1.95. The molecule has 1 fully saturated rings. The fraction of sp³-hybridized carbons (Fsp3) is 0.500. The molecule has 8 nitrogen and oxygen atoms in total. The van der Waals surface area contributed by atoms with E-state index in [1.165, 1.54) is 6.20 Å². The minimum absolute atomic E-state index is 0.000629. The molecule has 3 rings (SSSR count). The molecule has 0 saturated heterocycles. The lowest BCUT2D eigenvalue weighted by molar-refractivity contribution is -0.133. The number of benzene rings is 1. The molecule has 176 valence electrons. The average Bonchev–Trinajstić information content (AvgIpc) is 3.22. The first-order valence-corrected chi connectivity index (χ1v) is 12.9. The lowest BCUT2D eigenvalue weighted by Gasteiger charge is -2.39. The molecule has 1 unspecified atom stereocenters. The van der Waals surface area contributed by atoms with Crippen molar-refractivity contribution >= 4 is 49.7 Å². The van der Waals surface area contributed by atoms with Gasteiger partial charge in [-0.15, -0.1) is 11.3 Å². The number of likely N-dealkylation sites (N-methyl/N-ethyl adjacent to an activating group) is 2. The summed E-state index contributed by atoms with van der Waals surface area (Å²) >= 11 is 7.43. The minimum Gasteiger partial charge on any atom is -0.379 e. The first kappa shape index (κ1) is 24.7. The molecule has 1 heterocycles. The average molecular weight is 504 g/mol. The van der Waals surface area contributed by atoms with E-state index in [1.807, 2.05) is 19.0 Å². The molecule has 1 amide bonds. The fourth-order valence-electron chi connectivity index (χ4n) is 3.80. The second-order valence-electron chi connectivity index (χ2n) is 8.05. The lowest BCUT2D eigenvalue weighted by Crippen LogP contribution is -2.51. The highest BCUT2D eigenvalue weighted by atomic mass is 35.5. The van der Waals surface area contributed by atoms with Gasteiger partial charge in [0.05, 0.1) is 23.3 Å². The largest absolute Gasteiger partial charge is 0.379 e. The Kier molecular flexibility index (Phi) is 7.97. The van der Waals surface area contributed by atoms with Gasteiger partial charge in [-0.1, -0.05) is 24.4 Å². The molecule has 1 aromatic heterocycles. The van der Waals surface area contributed by atoms with Crippen molar-refractivity contribution < 1.29 is 17.6 Å². The van der Waals surface area contributed by atoms with Gasteiger partial charge in [0.1, 0.15) is 10.7 Å². The molecule has 32 heavy (non-hydrogen) atoms. The van der Waals surface area contributed by atoms with E-state index in [9.17, 15) is 17.6 Å². The zero-order valence-electron chi connectivity index (χ0n) is 18.1. The van der Waals surface area contributed by atoms with Crippen LogP contribution >= 0.6 is 22.9 Å². The number of carbonyl (C=O) groups is 1. The van der Waals surface area contributed by atoms with Gasteiger partial charge < -0.3 is 15.1 Å². The number of amides is 1. The molecule has 2 atom stereocenters. The fourth-order valence-corrected chi connectivity index (χ4v) is 5.96. The van der Waals surface area contributed by atoms with Crippen LogP contribution in [0.15, 0.2) is 28.6 Å². The first-order valence-electron chi connectivity index (χ1n) is 10.2. The van der Waals surface area contributed by atoms with Crippen LogP contribution in [0.1, 0.15) is 25.7 Å². The van der Waals surface area contributed by atoms with Crippen molar-refractivity contribution in [2.24, 2.45) is 0 Å². The van der Waals surface area contributed by atoms with Crippen molar-refractivity contribution in [1.82, 2.24) is 14.8 Å². The number of thiazole rings is 1. The van der Waals surface area contributed by atoms with Gasteiger partial charge in [-0.3, -0.25) is 9.52 Å². The zero-order chi connectivity index (χ0) is 23.5. The Morgan fingerprint density at radius 2 is 2.00 bits per heavy atom. The number of hydrogen-bond donors (Lipinski definition) is 2. The maximum absolute atomic E-state index is 14.8. The molecule has 1 aliphatic rings. The van der Waals surface area contributed by atoms with Crippen LogP contribution in [0, 0.1) is 5.82 Å². The van der Waals surface area contributed by atoms with E-state index in [2.05, 4.69) is 15.0 Å². The monoisotopic (exact) mass is 503 g/mol. The van der Waals surface area contributed by atoms with Crippen molar-refractivity contribution in [2.75, 3.05) is 37.7 Å². The Balaban J connectivity index is 1.80. The summed E-state index contributed by atoms with van der Waals surface area (Å²) in [6, 6.07) is 1.97. The molecule has 2 N–H and O–H groups in total. The third-order valence-electron chi connectivity index (χ3n) is 5.38. The molecule has 2 aromatic rings. The van der Waals surface area contributed by atoms with E-state index in [0.29, 0.717) is 12.2 Å². The van der Waals surface area contributed by atoms with Gasteiger partial charge in [-0.05, 0) is 39.1 Å². The van der Waals surface area contributed by atoms with Gasteiger partial charge in [0.2, 0.25) is 5.91 Å². The van der Waals surface area contributed by atoms with E-state index in [1.54, 1.807) is 17.3 Å². The summed E-state index contributed by atoms with van der Waals surface area (Å²) in [6.45, 7) is 0.299. The second kappa shape index (κ2) is 10.3. The molecule has 1 saturated carbocycles. The van der Waals surface area contributed by atoms with E-state index in [-0.39, 0.29) is 28.1 Å². The smallest absolute Gasteiger partial charge is 0.266 e. The number of sulfonamides is 1. The van der Waals surface area contributed by atoms with Gasteiger partial charge >= 0.3 is 0 Å². The van der Waals surface area contributed by atoms with Gasteiger partial charge in [-0.2, -0.15) is 0 Å². The molecule has 1 aliphatic carbocycles. The molecule has 0 bridgehead atoms. The summed E-state index contributed by atoms with van der Waals surface area (Å²) in [5, 5.41) is 5.07. The third-order valence-corrected chi connectivity index (χ3v) is 7.86. The summed E-state index contributed by atoms with van der Waals surface area (Å²) < 4.78 is 42.2. The maximum atomic E-state index is 14.8. The van der Waals surface area contributed by atoms with Crippen LogP contribution < -0.4 is 10.0 Å². The molecular weight excluding hydrogens is 477 g/mol. The van der Waals surface area contributed by atoms with Crippen molar-refractivity contribution in [3.05, 3.63) is 34.5 Å². The predicted octanol–water partition coefficient (Wildman–Crippen LogP) is 3.48. The van der Waals surface area contributed by atoms with E-state index < -0.39 is 20.7 Å². The van der Waals surface area contributed by atoms with Crippen LogP contribution in [0.3, 0.4) is 0 Å². The molecule has 0 aliphatic heterocycles. The highest BCUT2D eigenvalue weighted by molar-refractivity contribution is 7.93. The highest BCUT2D eigenvalue weighted by Gasteiger charge is 2.32. The van der Waals surface area contributed by atoms with Gasteiger partial charge in [0.15, 0.2) is 5.13 Å². The lowest BCUT2D eigenvalue weighted by atomic mass is 9.89. The van der Waals surface area contributed by atoms with Crippen LogP contribution in [-0.2, 0) is 14.8 Å². The summed E-state index contributed by atoms with van der Waals surface area (Å²) in [5.41, 5.74) is 0.294. The SMILES string of the molecule is CN(C)CC(=O)N(C)[C@H]1CCCCC1Nc1cc(F)c(S(=O)(=O)Nc2nccs2)cc1Cl. The highest BCUT2D eigenvalue weighted by Crippen LogP contribution is 2.33. The summed E-state index contributed by atoms with van der Waals surface area (Å²) in [7, 11) is 1.27. The Bertz CT molecular complexity index is 1050. The van der Waals surface area contributed by atoms with Crippen molar-refractivity contribution in [1.29, 1.82) is 0 Å². The van der Waals surface area contributed by atoms with Crippen molar-refractivity contribution in [2.45, 2.75) is 42.7 Å². The number of rotatable bonds is 8. The number of nitrogens with zero attached hydrogens (tertiary/aromatic N) is 3. The quantitative estimate of drug-likeness (QED) is 0.572. The molecule has 1 aromatic carbocycles. The van der Waals surface area contributed by atoms with Crippen LogP contribution in [0.5, 0.6) is 0 Å². The first-order chi connectivity index (χ1) is 15.1. The van der Waals surface area contributed by atoms with Gasteiger partial charge in [-0.25, -0.2) is 17.8 Å². The normalized spacial score (nSPS) is 19.1. The van der Waals surface area contributed by atoms with Crippen LogP contribution in [0.4, 0.5) is 15.2 Å². The Morgan fingerprint density at radius 3 is 2.66 bits per heavy atom. The summed E-state index contributed by atoms with van der Waals surface area (Å²) in [6.07, 6.45) is 5.00. The predicted molar refractivity (Wildman–Crippen MR) is 125 cm³/mol. The van der Waals surface area contributed by atoms with Crippen LogP contribution in [0.25, 0.3) is 0 Å². The number of hydrogen-bond acceptors (Lipinski definition) is 7. The molecular formula is C20H27ClFN5O3S2. The van der Waals surface area contributed by atoms with Crippen molar-refractivity contribution in [3.63, 3.8) is 0 Å². The topological polar surface area (TPSA) is 94.6 Å². The number of anilines is 2. The van der Waals surface area contributed by atoms with Crippen LogP contribution in [-0.4, -0.2) is 68.9 Å². The standard InChI is InChI=1S/C20H27ClFN5O3S2/c1-26(2)12-19(28)27(3)17-7-5-4-6-15(17)24-16-11-14(22)18(10-13(16)21)32(29,30)25-20-23-8-9-31-20/h8-11,15,17,24H,4-7,12H2,1-3H3,(H,23,25)/t15?,17-/m0/s1. The number of nitrogens with one attached hydrogen (secondary N) is 2. The molecule has 12 heteroatoms. The van der Waals surface area contributed by atoms with Crippen molar-refractivity contribution in [3.8, 4) is 0 Å². The number of carbonyl (C=O) groups excluding carboxylic acids is 1. The number of halogens is 2.